The van der Waals surface area contributed by atoms with Crippen molar-refractivity contribution < 1.29 is 4.79 Å². The minimum atomic E-state index is 0.300. The van der Waals surface area contributed by atoms with Crippen molar-refractivity contribution in [2.24, 2.45) is 0 Å². The van der Waals surface area contributed by atoms with E-state index >= 15 is 0 Å². The van der Waals surface area contributed by atoms with Crippen molar-refractivity contribution in [2.45, 2.75) is 57.5 Å². The van der Waals surface area contributed by atoms with E-state index in [1.165, 1.54) is 25.7 Å². The van der Waals surface area contributed by atoms with E-state index in [-0.39, 0.29) is 0 Å². The molecule has 0 saturated carbocycles. The average Bonchev–Trinajstić information content (AvgIpc) is 3.11. The fourth-order valence-electron chi connectivity index (χ4n) is 4.44. The van der Waals surface area contributed by atoms with Crippen LogP contribution in [0.2, 0.25) is 0 Å². The largest absolute Gasteiger partial charge is 0.340 e. The highest BCUT2D eigenvalue weighted by molar-refractivity contribution is 5.76. The Labute approximate surface area is 149 Å². The molecule has 7 heteroatoms. The Bertz CT molecular complexity index is 594. The van der Waals surface area contributed by atoms with Crippen molar-refractivity contribution in [1.29, 1.82) is 0 Å². The standard InChI is InChI=1S/C18H30N6O/c25-17(23-13-8-19-9-14-23)7-12-22-10-3-1-5-15(22)18-21-20-16-6-2-4-11-24(16)18/h15,19H,1-14H2. The molecule has 25 heavy (non-hydrogen) atoms. The monoisotopic (exact) mass is 346 g/mol. The first-order valence-corrected chi connectivity index (χ1v) is 9.97. The lowest BCUT2D eigenvalue weighted by Crippen LogP contribution is -2.47. The number of aryl methyl sites for hydroxylation is 1. The molecule has 1 atom stereocenters. The topological polar surface area (TPSA) is 66.3 Å². The molecule has 1 aromatic heterocycles. The summed E-state index contributed by atoms with van der Waals surface area (Å²) in [7, 11) is 0. The summed E-state index contributed by atoms with van der Waals surface area (Å²) in [5.41, 5.74) is 0. The summed E-state index contributed by atoms with van der Waals surface area (Å²) in [5.74, 6) is 2.60. The van der Waals surface area contributed by atoms with Crippen molar-refractivity contribution >= 4 is 5.91 Å². The molecule has 3 aliphatic heterocycles. The number of hydrogen-bond acceptors (Lipinski definition) is 5. The van der Waals surface area contributed by atoms with Gasteiger partial charge in [0.2, 0.25) is 5.91 Å². The lowest BCUT2D eigenvalue weighted by Gasteiger charge is -2.36. The van der Waals surface area contributed by atoms with Gasteiger partial charge in [0.25, 0.3) is 0 Å². The van der Waals surface area contributed by atoms with Crippen LogP contribution < -0.4 is 5.32 Å². The number of nitrogens with one attached hydrogen (secondary N) is 1. The van der Waals surface area contributed by atoms with E-state index in [2.05, 4.69) is 25.0 Å². The maximum atomic E-state index is 12.5. The van der Waals surface area contributed by atoms with Gasteiger partial charge >= 0.3 is 0 Å². The first-order valence-electron chi connectivity index (χ1n) is 9.97. The van der Waals surface area contributed by atoms with Crippen LogP contribution in [0, 0.1) is 0 Å². The van der Waals surface area contributed by atoms with Gasteiger partial charge in [0, 0.05) is 52.1 Å². The number of piperazine rings is 1. The number of carbonyl (C=O) groups is 1. The van der Waals surface area contributed by atoms with E-state index in [0.29, 0.717) is 18.4 Å². The van der Waals surface area contributed by atoms with Gasteiger partial charge in [-0.2, -0.15) is 0 Å². The van der Waals surface area contributed by atoms with Gasteiger partial charge in [0.05, 0.1) is 6.04 Å². The second-order valence-electron chi connectivity index (χ2n) is 7.51. The Balaban J connectivity index is 1.41. The summed E-state index contributed by atoms with van der Waals surface area (Å²) < 4.78 is 2.35. The zero-order valence-corrected chi connectivity index (χ0v) is 15.1. The zero-order chi connectivity index (χ0) is 17.1. The van der Waals surface area contributed by atoms with E-state index in [1.54, 1.807) is 0 Å². The molecule has 4 rings (SSSR count). The first kappa shape index (κ1) is 17.0. The van der Waals surface area contributed by atoms with Crippen LogP contribution in [0.4, 0.5) is 0 Å². The van der Waals surface area contributed by atoms with Crippen molar-refractivity contribution in [3.63, 3.8) is 0 Å². The average molecular weight is 346 g/mol. The van der Waals surface area contributed by atoms with Crippen molar-refractivity contribution in [3.05, 3.63) is 11.6 Å². The number of nitrogens with zero attached hydrogens (tertiary/aromatic N) is 5. The number of piperidine rings is 1. The van der Waals surface area contributed by atoms with Gasteiger partial charge < -0.3 is 14.8 Å². The molecular formula is C18H30N6O. The first-order chi connectivity index (χ1) is 12.3. The second kappa shape index (κ2) is 7.83. The number of carbonyl (C=O) groups excluding carboxylic acids is 1. The molecule has 0 aromatic carbocycles. The number of aromatic nitrogens is 3. The quantitative estimate of drug-likeness (QED) is 0.880. The molecule has 2 fully saturated rings. The Morgan fingerprint density at radius 1 is 1.04 bits per heavy atom. The molecule has 2 saturated heterocycles. The molecule has 1 amide bonds. The Morgan fingerprint density at radius 3 is 2.76 bits per heavy atom. The molecule has 4 heterocycles. The number of likely N-dealkylation sites (tertiary alicyclic amines) is 1. The van der Waals surface area contributed by atoms with Crippen LogP contribution >= 0.6 is 0 Å². The number of amides is 1. The summed E-state index contributed by atoms with van der Waals surface area (Å²) in [6.45, 7) is 6.51. The van der Waals surface area contributed by atoms with Gasteiger partial charge in [-0.25, -0.2) is 0 Å². The van der Waals surface area contributed by atoms with Crippen LogP contribution in [-0.2, 0) is 17.8 Å². The highest BCUT2D eigenvalue weighted by Crippen LogP contribution is 2.31. The van der Waals surface area contributed by atoms with Gasteiger partial charge in [-0.3, -0.25) is 9.69 Å². The molecule has 3 aliphatic rings. The molecule has 1 N–H and O–H groups in total. The summed E-state index contributed by atoms with van der Waals surface area (Å²) in [5, 5.41) is 12.3. The molecule has 0 spiro atoms. The van der Waals surface area contributed by atoms with Gasteiger partial charge in [-0.15, -0.1) is 10.2 Å². The van der Waals surface area contributed by atoms with Crippen LogP contribution in [-0.4, -0.2) is 69.7 Å². The normalized spacial score (nSPS) is 25.0. The van der Waals surface area contributed by atoms with Gasteiger partial charge in [0.15, 0.2) is 0 Å². The van der Waals surface area contributed by atoms with Gasteiger partial charge in [-0.1, -0.05) is 6.42 Å². The van der Waals surface area contributed by atoms with Crippen LogP contribution in [0.15, 0.2) is 0 Å². The highest BCUT2D eigenvalue weighted by Gasteiger charge is 2.30. The second-order valence-corrected chi connectivity index (χ2v) is 7.51. The Hall–Kier alpha value is -1.47. The SMILES string of the molecule is O=C(CCN1CCCCC1c1nnc2n1CCCC2)N1CCNCC1. The Morgan fingerprint density at radius 2 is 1.88 bits per heavy atom. The van der Waals surface area contributed by atoms with Crippen LogP contribution in [0.1, 0.15) is 56.2 Å². The molecule has 138 valence electrons. The highest BCUT2D eigenvalue weighted by atomic mass is 16.2. The predicted octanol–water partition coefficient (Wildman–Crippen LogP) is 0.963. The third kappa shape index (κ3) is 3.72. The molecule has 1 unspecified atom stereocenters. The number of hydrogen-bond donors (Lipinski definition) is 1. The lowest BCUT2D eigenvalue weighted by atomic mass is 10.0. The smallest absolute Gasteiger partial charge is 0.223 e. The number of fused-ring (bicyclic) bond motifs is 1. The molecule has 0 radical (unpaired) electrons. The maximum absolute atomic E-state index is 12.5. The summed E-state index contributed by atoms with van der Waals surface area (Å²) in [6, 6.07) is 0.337. The van der Waals surface area contributed by atoms with Crippen molar-refractivity contribution in [2.75, 3.05) is 39.3 Å². The molecular weight excluding hydrogens is 316 g/mol. The van der Waals surface area contributed by atoms with E-state index in [0.717, 1.165) is 70.3 Å². The van der Waals surface area contributed by atoms with Crippen molar-refractivity contribution in [1.82, 2.24) is 29.9 Å². The molecule has 0 aliphatic carbocycles. The van der Waals surface area contributed by atoms with E-state index in [4.69, 9.17) is 0 Å². The van der Waals surface area contributed by atoms with Gasteiger partial charge in [0.1, 0.15) is 11.6 Å². The van der Waals surface area contributed by atoms with Crippen LogP contribution in [0.5, 0.6) is 0 Å². The summed E-state index contributed by atoms with van der Waals surface area (Å²) in [4.78, 5) is 17.0. The lowest BCUT2D eigenvalue weighted by molar-refractivity contribution is -0.132. The fraction of sp³-hybridized carbons (Fsp3) is 0.833. The third-order valence-corrected chi connectivity index (χ3v) is 5.88. The molecule has 0 bridgehead atoms. The zero-order valence-electron chi connectivity index (χ0n) is 15.1. The summed E-state index contributed by atoms with van der Waals surface area (Å²) in [6.07, 6.45) is 7.74. The summed E-state index contributed by atoms with van der Waals surface area (Å²) >= 11 is 0. The van der Waals surface area contributed by atoms with E-state index < -0.39 is 0 Å². The molecule has 1 aromatic rings. The van der Waals surface area contributed by atoms with E-state index in [1.807, 2.05) is 4.90 Å². The minimum absolute atomic E-state index is 0.300. The minimum Gasteiger partial charge on any atom is -0.340 e. The van der Waals surface area contributed by atoms with Gasteiger partial charge in [-0.05, 0) is 32.2 Å². The molecule has 7 nitrogen and oxygen atoms in total. The fourth-order valence-corrected chi connectivity index (χ4v) is 4.44. The number of rotatable bonds is 4. The Kier molecular flexibility index (Phi) is 5.31. The predicted molar refractivity (Wildman–Crippen MR) is 95.2 cm³/mol. The third-order valence-electron chi connectivity index (χ3n) is 5.88. The van der Waals surface area contributed by atoms with Crippen LogP contribution in [0.25, 0.3) is 0 Å². The van der Waals surface area contributed by atoms with Crippen LogP contribution in [0.3, 0.4) is 0 Å². The maximum Gasteiger partial charge on any atom is 0.223 e. The van der Waals surface area contributed by atoms with Crippen molar-refractivity contribution in [3.8, 4) is 0 Å². The van der Waals surface area contributed by atoms with E-state index in [9.17, 15) is 4.79 Å².